The van der Waals surface area contributed by atoms with E-state index >= 15 is 0 Å². The third-order valence-electron chi connectivity index (χ3n) is 7.28. The molecule has 9 nitrogen and oxygen atoms in total. The highest BCUT2D eigenvalue weighted by molar-refractivity contribution is 5.98. The highest BCUT2D eigenvalue weighted by Gasteiger charge is 2.55. The van der Waals surface area contributed by atoms with E-state index in [0.717, 1.165) is 0 Å². The number of amides is 3. The molecule has 2 aromatic carbocycles. The summed E-state index contributed by atoms with van der Waals surface area (Å²) in [7, 11) is 1.59. The molecular weight excluding hydrogens is 462 g/mol. The van der Waals surface area contributed by atoms with Crippen molar-refractivity contribution in [3.63, 3.8) is 0 Å². The number of hydrogen-bond donors (Lipinski definition) is 0. The van der Waals surface area contributed by atoms with Crippen LogP contribution >= 0.6 is 0 Å². The molecule has 36 heavy (non-hydrogen) atoms. The molecule has 0 radical (unpaired) electrons. The van der Waals surface area contributed by atoms with Gasteiger partial charge in [0.2, 0.25) is 5.91 Å². The molecule has 1 spiro atoms. The lowest BCUT2D eigenvalue weighted by molar-refractivity contribution is -0.141. The van der Waals surface area contributed by atoms with E-state index < -0.39 is 11.8 Å². The van der Waals surface area contributed by atoms with E-state index in [1.54, 1.807) is 58.2 Å². The molecule has 3 heterocycles. The van der Waals surface area contributed by atoms with Crippen LogP contribution in [-0.2, 0) is 14.3 Å². The summed E-state index contributed by atoms with van der Waals surface area (Å²) in [6, 6.07) is 15.3. The van der Waals surface area contributed by atoms with Gasteiger partial charge >= 0.3 is 0 Å². The number of morpholine rings is 1. The number of ether oxygens (including phenoxy) is 3. The van der Waals surface area contributed by atoms with Gasteiger partial charge in [-0.15, -0.1) is 0 Å². The normalized spacial score (nSPS) is 21.5. The summed E-state index contributed by atoms with van der Waals surface area (Å²) >= 11 is 0. The summed E-state index contributed by atoms with van der Waals surface area (Å²) in [6.45, 7) is 2.95. The molecule has 3 aliphatic rings. The summed E-state index contributed by atoms with van der Waals surface area (Å²) in [5.74, 6) is 0.271. The Kier molecular flexibility index (Phi) is 6.93. The van der Waals surface area contributed by atoms with Gasteiger partial charge in [-0.05, 0) is 36.4 Å². The SMILES string of the molecule is COc1ccc(C(=O)N2CCC3(CC2)OCC(C(=O)N2CCOCC2)N3C(=O)c2ccccc2)cc1. The molecule has 0 saturated carbocycles. The fraction of sp³-hybridized carbons (Fsp3) is 0.444. The van der Waals surface area contributed by atoms with Gasteiger partial charge in [-0.3, -0.25) is 19.3 Å². The lowest BCUT2D eigenvalue weighted by Crippen LogP contribution is -2.60. The van der Waals surface area contributed by atoms with Gasteiger partial charge in [0.25, 0.3) is 11.8 Å². The number of nitrogens with zero attached hydrogens (tertiary/aromatic N) is 3. The van der Waals surface area contributed by atoms with Crippen LogP contribution in [0.2, 0.25) is 0 Å². The van der Waals surface area contributed by atoms with Crippen molar-refractivity contribution in [2.45, 2.75) is 24.6 Å². The third kappa shape index (κ3) is 4.56. The van der Waals surface area contributed by atoms with Crippen molar-refractivity contribution in [2.75, 3.05) is 53.1 Å². The molecule has 0 aliphatic carbocycles. The Hall–Kier alpha value is -3.43. The van der Waals surface area contributed by atoms with Gasteiger partial charge in [0, 0.05) is 50.1 Å². The molecule has 2 aromatic rings. The molecule has 1 atom stereocenters. The molecule has 3 saturated heterocycles. The number of likely N-dealkylation sites (tertiary alicyclic amines) is 1. The Morgan fingerprint density at radius 1 is 0.833 bits per heavy atom. The van der Waals surface area contributed by atoms with E-state index in [-0.39, 0.29) is 24.3 Å². The lowest BCUT2D eigenvalue weighted by atomic mass is 9.96. The van der Waals surface area contributed by atoms with Crippen LogP contribution in [-0.4, -0.2) is 97.3 Å². The highest BCUT2D eigenvalue weighted by Crippen LogP contribution is 2.39. The first kappa shape index (κ1) is 24.3. The first-order chi connectivity index (χ1) is 17.5. The molecule has 0 N–H and O–H groups in total. The van der Waals surface area contributed by atoms with Crippen molar-refractivity contribution < 1.29 is 28.6 Å². The maximum atomic E-state index is 13.8. The molecule has 0 aromatic heterocycles. The van der Waals surface area contributed by atoms with Gasteiger partial charge in [-0.2, -0.15) is 0 Å². The molecule has 1 unspecified atom stereocenters. The number of hydrogen-bond acceptors (Lipinski definition) is 6. The first-order valence-electron chi connectivity index (χ1n) is 12.3. The topological polar surface area (TPSA) is 88.6 Å². The van der Waals surface area contributed by atoms with Crippen LogP contribution in [0.3, 0.4) is 0 Å². The number of methoxy groups -OCH3 is 1. The fourth-order valence-electron chi connectivity index (χ4n) is 5.25. The second-order valence-corrected chi connectivity index (χ2v) is 9.27. The van der Waals surface area contributed by atoms with Crippen LogP contribution in [0.4, 0.5) is 0 Å². The quantitative estimate of drug-likeness (QED) is 0.648. The number of rotatable bonds is 4. The molecule has 0 bridgehead atoms. The van der Waals surface area contributed by atoms with E-state index in [1.807, 2.05) is 18.2 Å². The Morgan fingerprint density at radius 2 is 1.47 bits per heavy atom. The summed E-state index contributed by atoms with van der Waals surface area (Å²) in [5, 5.41) is 0. The molecule has 190 valence electrons. The number of carbonyl (C=O) groups excluding carboxylic acids is 3. The van der Waals surface area contributed by atoms with Crippen molar-refractivity contribution in [3.05, 3.63) is 65.7 Å². The van der Waals surface area contributed by atoms with Crippen LogP contribution in [0.5, 0.6) is 5.75 Å². The van der Waals surface area contributed by atoms with Crippen molar-refractivity contribution in [1.29, 1.82) is 0 Å². The molecule has 3 aliphatic heterocycles. The molecule has 5 rings (SSSR count). The van der Waals surface area contributed by atoms with Crippen LogP contribution in [0.1, 0.15) is 33.6 Å². The van der Waals surface area contributed by atoms with Gasteiger partial charge < -0.3 is 24.0 Å². The standard InChI is InChI=1S/C27H31N3O6/c1-34-22-9-7-21(8-10-22)24(31)28-13-11-27(12-14-28)30(25(32)20-5-3-2-4-6-20)23(19-36-27)26(33)29-15-17-35-18-16-29/h2-10,23H,11-19H2,1H3. The summed E-state index contributed by atoms with van der Waals surface area (Å²) in [6.07, 6.45) is 0.862. The average Bonchev–Trinajstić information content (AvgIpc) is 3.31. The summed E-state index contributed by atoms with van der Waals surface area (Å²) < 4.78 is 16.9. The minimum Gasteiger partial charge on any atom is -0.497 e. The van der Waals surface area contributed by atoms with E-state index in [1.165, 1.54) is 0 Å². The Bertz CT molecular complexity index is 1090. The van der Waals surface area contributed by atoms with Crippen molar-refractivity contribution in [3.8, 4) is 5.75 Å². The zero-order valence-electron chi connectivity index (χ0n) is 20.4. The Morgan fingerprint density at radius 3 is 2.11 bits per heavy atom. The largest absolute Gasteiger partial charge is 0.497 e. The monoisotopic (exact) mass is 493 g/mol. The fourth-order valence-corrected chi connectivity index (χ4v) is 5.25. The number of benzene rings is 2. The zero-order chi connectivity index (χ0) is 25.1. The van der Waals surface area contributed by atoms with Gasteiger partial charge in [0.1, 0.15) is 17.5 Å². The minimum atomic E-state index is -0.934. The average molecular weight is 494 g/mol. The van der Waals surface area contributed by atoms with E-state index in [4.69, 9.17) is 14.2 Å². The molecule has 3 fully saturated rings. The Labute approximate surface area is 210 Å². The van der Waals surface area contributed by atoms with E-state index in [2.05, 4.69) is 0 Å². The minimum absolute atomic E-state index is 0.0765. The van der Waals surface area contributed by atoms with Gasteiger partial charge in [-0.1, -0.05) is 18.2 Å². The van der Waals surface area contributed by atoms with Gasteiger partial charge in [-0.25, -0.2) is 0 Å². The predicted molar refractivity (Wildman–Crippen MR) is 131 cm³/mol. The van der Waals surface area contributed by atoms with E-state index in [0.29, 0.717) is 69.1 Å². The maximum Gasteiger partial charge on any atom is 0.256 e. The summed E-state index contributed by atoms with van der Waals surface area (Å²) in [4.78, 5) is 45.6. The second kappa shape index (κ2) is 10.3. The lowest BCUT2D eigenvalue weighted by Gasteiger charge is -2.45. The van der Waals surface area contributed by atoms with Crippen molar-refractivity contribution in [1.82, 2.24) is 14.7 Å². The van der Waals surface area contributed by atoms with Crippen LogP contribution < -0.4 is 4.74 Å². The van der Waals surface area contributed by atoms with Crippen LogP contribution in [0.25, 0.3) is 0 Å². The zero-order valence-corrected chi connectivity index (χ0v) is 20.4. The number of piperidine rings is 1. The second-order valence-electron chi connectivity index (χ2n) is 9.27. The third-order valence-corrected chi connectivity index (χ3v) is 7.28. The molecule has 9 heteroatoms. The van der Waals surface area contributed by atoms with Crippen molar-refractivity contribution >= 4 is 17.7 Å². The summed E-state index contributed by atoms with van der Waals surface area (Å²) in [5.41, 5.74) is 0.159. The van der Waals surface area contributed by atoms with Gasteiger partial charge in [0.15, 0.2) is 0 Å². The van der Waals surface area contributed by atoms with Crippen LogP contribution in [0, 0.1) is 0 Å². The smallest absolute Gasteiger partial charge is 0.256 e. The molecule has 3 amide bonds. The maximum absolute atomic E-state index is 13.8. The number of carbonyl (C=O) groups is 3. The Balaban J connectivity index is 1.36. The van der Waals surface area contributed by atoms with Gasteiger partial charge in [0.05, 0.1) is 26.9 Å². The first-order valence-corrected chi connectivity index (χ1v) is 12.3. The highest BCUT2D eigenvalue weighted by atomic mass is 16.5. The molecular formula is C27H31N3O6. The van der Waals surface area contributed by atoms with Crippen LogP contribution in [0.15, 0.2) is 54.6 Å². The predicted octanol–water partition coefficient (Wildman–Crippen LogP) is 2.03. The van der Waals surface area contributed by atoms with E-state index in [9.17, 15) is 14.4 Å². The van der Waals surface area contributed by atoms with Crippen molar-refractivity contribution in [2.24, 2.45) is 0 Å².